The van der Waals surface area contributed by atoms with Crippen LogP contribution >= 0.6 is 11.6 Å². The van der Waals surface area contributed by atoms with E-state index in [1.165, 1.54) is 76.5 Å². The van der Waals surface area contributed by atoms with Gasteiger partial charge < -0.3 is 67.5 Å². The number of amides is 2. The van der Waals surface area contributed by atoms with Crippen molar-refractivity contribution in [3.8, 4) is 68.9 Å². The van der Waals surface area contributed by atoms with Crippen LogP contribution in [0.1, 0.15) is 83.8 Å². The number of methoxy groups -OCH3 is 6. The molecule has 2 aromatic heterocycles. The first kappa shape index (κ1) is 59.5. The number of rotatable bonds is 14. The lowest BCUT2D eigenvalue weighted by atomic mass is 9.65. The number of cyclic esters (lactones) is 2. The van der Waals surface area contributed by atoms with Crippen molar-refractivity contribution in [2.45, 2.75) is 30.1 Å². The standard InChI is InChI=1S/C32H27F3N4O8.C31H27ClN4O8/c1-42-24-8-15(9-25(43-2)29(24)44-3)26-18-10-22-23(47-14-46-22)11-19(18)28(20-13-45-31(41)27(20)26)36-30(40)21-12-39(38-37-21)17-6-4-16(5-7-17)32(33,34)35;1-39-24-7-15(8-25(40-2)29(24)41-3)26-18-10-22-23(44-14-43-22)11-19(18)28(20-13-42-31(38)27(20)26)33-30(37)21-12-36(35-34-21)17-6-4-5-16(32)9-17/h4-12,20,26-28H,13-14H2,1-3H3,(H,36,40);4-12,20,26-28H,13-14H2,1-3H3,(H,33,37)/t2*20-,26+,27-,28+/m00/s1. The van der Waals surface area contributed by atoms with Gasteiger partial charge in [0.05, 0.1) is 109 Å². The summed E-state index contributed by atoms with van der Waals surface area (Å²) in [5.74, 6) is -0.633. The molecular weight excluding hydrogens is 1220 g/mol. The van der Waals surface area contributed by atoms with E-state index >= 15 is 0 Å². The lowest BCUT2D eigenvalue weighted by molar-refractivity contribution is -0.142. The molecule has 0 bridgehead atoms. The molecule has 8 atom stereocenters. The summed E-state index contributed by atoms with van der Waals surface area (Å²) in [5.41, 5.74) is 4.50. The van der Waals surface area contributed by atoms with Crippen molar-refractivity contribution in [1.29, 1.82) is 0 Å². The van der Waals surface area contributed by atoms with Gasteiger partial charge in [0.1, 0.15) is 0 Å². The Morgan fingerprint density at radius 2 is 0.934 bits per heavy atom. The number of carbonyl (C=O) groups is 4. The summed E-state index contributed by atoms with van der Waals surface area (Å²) in [4.78, 5) is 54.2. The fourth-order valence-corrected chi connectivity index (χ4v) is 13.1. The van der Waals surface area contributed by atoms with Gasteiger partial charge in [0, 0.05) is 28.7 Å². The zero-order valence-corrected chi connectivity index (χ0v) is 49.8. The Labute approximate surface area is 520 Å². The van der Waals surface area contributed by atoms with Crippen LogP contribution in [0.4, 0.5) is 13.2 Å². The molecule has 0 unspecified atom stereocenters. The molecule has 0 spiro atoms. The van der Waals surface area contributed by atoms with Crippen LogP contribution in [0.2, 0.25) is 5.02 Å². The number of hydrogen-bond acceptors (Lipinski definition) is 20. The van der Waals surface area contributed by atoms with Gasteiger partial charge >= 0.3 is 18.1 Å². The molecule has 2 saturated heterocycles. The van der Waals surface area contributed by atoms with E-state index in [0.717, 1.165) is 28.8 Å². The van der Waals surface area contributed by atoms with Gasteiger partial charge in [-0.3, -0.25) is 19.2 Å². The van der Waals surface area contributed by atoms with E-state index < -0.39 is 77.1 Å². The number of nitrogens with zero attached hydrogens (tertiary/aromatic N) is 6. The zero-order valence-electron chi connectivity index (χ0n) is 49.1. The third-order valence-electron chi connectivity index (χ3n) is 17.0. The molecule has 14 rings (SSSR count). The number of hydrogen-bond donors (Lipinski definition) is 2. The maximum Gasteiger partial charge on any atom is 0.416 e. The van der Waals surface area contributed by atoms with E-state index in [0.29, 0.717) is 84.9 Å². The van der Waals surface area contributed by atoms with E-state index in [4.69, 9.17) is 68.4 Å². The van der Waals surface area contributed by atoms with Gasteiger partial charge in [-0.15, -0.1) is 10.2 Å². The summed E-state index contributed by atoms with van der Waals surface area (Å²) >= 11 is 6.13. The molecule has 2 N–H and O–H groups in total. The van der Waals surface area contributed by atoms with Crippen molar-refractivity contribution >= 4 is 35.4 Å². The fraction of sp³-hybridized carbons (Fsp3) is 0.302. The molecule has 470 valence electrons. The molecule has 28 heteroatoms. The number of halogens is 4. The third-order valence-corrected chi connectivity index (χ3v) is 17.3. The van der Waals surface area contributed by atoms with E-state index in [1.54, 1.807) is 48.5 Å². The van der Waals surface area contributed by atoms with Crippen LogP contribution in [0.3, 0.4) is 0 Å². The Kier molecular flexibility index (Phi) is 15.6. The van der Waals surface area contributed by atoms with Crippen LogP contribution in [-0.2, 0) is 25.2 Å². The molecular formula is C63H54ClF3N8O16. The largest absolute Gasteiger partial charge is 0.493 e. The number of fused-ring (bicyclic) bond motifs is 6. The highest BCUT2D eigenvalue weighted by molar-refractivity contribution is 6.30. The predicted molar refractivity (Wildman–Crippen MR) is 310 cm³/mol. The van der Waals surface area contributed by atoms with E-state index in [-0.39, 0.29) is 49.8 Å². The molecule has 6 aromatic carbocycles. The monoisotopic (exact) mass is 1270 g/mol. The summed E-state index contributed by atoms with van der Waals surface area (Å²) in [6, 6.07) is 24.5. The van der Waals surface area contributed by atoms with Gasteiger partial charge in [0.25, 0.3) is 11.8 Å². The van der Waals surface area contributed by atoms with E-state index in [1.807, 2.05) is 24.3 Å². The second-order valence-corrected chi connectivity index (χ2v) is 22.1. The van der Waals surface area contributed by atoms with Crippen molar-refractivity contribution in [2.24, 2.45) is 23.7 Å². The van der Waals surface area contributed by atoms with Gasteiger partial charge in [-0.05, 0) is 124 Å². The highest BCUT2D eigenvalue weighted by Gasteiger charge is 2.55. The first-order valence-corrected chi connectivity index (χ1v) is 28.6. The minimum atomic E-state index is -4.49. The number of benzene rings is 6. The van der Waals surface area contributed by atoms with Crippen LogP contribution in [-0.4, -0.2) is 123 Å². The maximum absolute atomic E-state index is 13.6. The minimum absolute atomic E-state index is 0.00601. The summed E-state index contributed by atoms with van der Waals surface area (Å²) < 4.78 is 109. The molecule has 6 heterocycles. The number of ether oxygens (including phenoxy) is 12. The lowest BCUT2D eigenvalue weighted by Gasteiger charge is -2.39. The average molecular weight is 1270 g/mol. The van der Waals surface area contributed by atoms with Crippen molar-refractivity contribution in [3.63, 3.8) is 0 Å². The van der Waals surface area contributed by atoms with E-state index in [2.05, 4.69) is 31.3 Å². The maximum atomic E-state index is 13.6. The SMILES string of the molecule is COc1cc([C@@H]2c3cc4c(cc3[C@@H](NC(=O)c3cn(-c5ccc(C(F)(F)F)cc5)nn3)[C@H]3COC(=O)[C@H]23)OCO4)cc(OC)c1OC.COc1cc([C@@H]2c3cc4c(cc3[C@@H](NC(=O)c3cn(-c5cccc(Cl)c5)nn3)[C@H]3COC(=O)[C@H]23)OCO4)cc(OC)c1OC. The number of alkyl halides is 3. The second-order valence-electron chi connectivity index (χ2n) is 21.7. The van der Waals surface area contributed by atoms with Gasteiger partial charge in [-0.25, -0.2) is 9.36 Å². The van der Waals surface area contributed by atoms with Crippen LogP contribution < -0.4 is 58.0 Å². The smallest absolute Gasteiger partial charge is 0.416 e. The zero-order chi connectivity index (χ0) is 63.6. The molecule has 2 fully saturated rings. The van der Waals surface area contributed by atoms with Crippen LogP contribution in [0, 0.1) is 23.7 Å². The normalized spacial score (nSPS) is 21.1. The molecule has 0 saturated carbocycles. The van der Waals surface area contributed by atoms with Crippen molar-refractivity contribution < 1.29 is 89.2 Å². The molecule has 2 amide bonds. The van der Waals surface area contributed by atoms with Gasteiger partial charge in [-0.1, -0.05) is 28.1 Å². The molecule has 91 heavy (non-hydrogen) atoms. The number of carbonyl (C=O) groups excluding carboxylic acids is 4. The van der Waals surface area contributed by atoms with Gasteiger partial charge in [0.2, 0.25) is 25.1 Å². The molecule has 4 aliphatic heterocycles. The van der Waals surface area contributed by atoms with Crippen molar-refractivity contribution in [1.82, 2.24) is 40.6 Å². The Balaban J connectivity index is 0.000000167. The Bertz CT molecular complexity index is 4150. The number of aromatic nitrogens is 6. The van der Waals surface area contributed by atoms with Gasteiger partial charge in [0.15, 0.2) is 57.4 Å². The summed E-state index contributed by atoms with van der Waals surface area (Å²) in [5, 5.41) is 22.7. The van der Waals surface area contributed by atoms with Crippen LogP contribution in [0.25, 0.3) is 11.4 Å². The first-order chi connectivity index (χ1) is 44.0. The summed E-state index contributed by atoms with van der Waals surface area (Å²) in [6.45, 7) is 0.206. The number of esters is 2. The molecule has 0 radical (unpaired) electrons. The molecule has 2 aliphatic carbocycles. The first-order valence-electron chi connectivity index (χ1n) is 28.2. The van der Waals surface area contributed by atoms with Crippen molar-refractivity contribution in [3.05, 3.63) is 165 Å². The van der Waals surface area contributed by atoms with Crippen LogP contribution in [0.5, 0.6) is 57.5 Å². The van der Waals surface area contributed by atoms with E-state index in [9.17, 15) is 32.3 Å². The summed E-state index contributed by atoms with van der Waals surface area (Å²) in [7, 11) is 9.10. The highest BCUT2D eigenvalue weighted by Crippen LogP contribution is 2.58. The predicted octanol–water partition coefficient (Wildman–Crippen LogP) is 8.53. The minimum Gasteiger partial charge on any atom is -0.493 e. The number of nitrogens with one attached hydrogen (secondary N) is 2. The summed E-state index contributed by atoms with van der Waals surface area (Å²) in [6.07, 6.45) is -1.65. The molecule has 6 aliphatic rings. The Morgan fingerprint density at radius 1 is 0.527 bits per heavy atom. The second kappa shape index (κ2) is 23.8. The van der Waals surface area contributed by atoms with Crippen LogP contribution in [0.15, 0.2) is 109 Å². The molecule has 24 nitrogen and oxygen atoms in total. The quantitative estimate of drug-likeness (QED) is 0.0966. The molecule has 8 aromatic rings. The average Bonchev–Trinajstić information content (AvgIpc) is 1.73. The van der Waals surface area contributed by atoms with Crippen molar-refractivity contribution in [2.75, 3.05) is 69.5 Å². The highest BCUT2D eigenvalue weighted by atomic mass is 35.5. The Morgan fingerprint density at radius 3 is 1.32 bits per heavy atom. The Hall–Kier alpha value is -10.4. The fourth-order valence-electron chi connectivity index (χ4n) is 12.9. The third kappa shape index (κ3) is 10.7. The lowest BCUT2D eigenvalue weighted by Crippen LogP contribution is -2.43. The van der Waals surface area contributed by atoms with Gasteiger partial charge in [-0.2, -0.15) is 13.2 Å². The topological polar surface area (TPSA) is 265 Å².